The minimum atomic E-state index is -3.44. The van der Waals surface area contributed by atoms with Crippen LogP contribution in [0.1, 0.15) is 16.9 Å². The van der Waals surface area contributed by atoms with Gasteiger partial charge in [-0.15, -0.1) is 11.3 Å². The molecule has 7 nitrogen and oxygen atoms in total. The third-order valence-electron chi connectivity index (χ3n) is 2.47. The summed E-state index contributed by atoms with van der Waals surface area (Å²) in [4.78, 5) is 16.9. The van der Waals surface area contributed by atoms with E-state index < -0.39 is 16.0 Å². The average molecular weight is 291 g/mol. The molecular weight excluding hydrogens is 278 g/mol. The minimum absolute atomic E-state index is 0.225. The lowest BCUT2D eigenvalue weighted by molar-refractivity contribution is 0.0996. The van der Waals surface area contributed by atoms with Crippen molar-refractivity contribution in [3.63, 3.8) is 0 Å². The standard InChI is InChI=1S/C9H13N3O4S2/c1-18(14,15)16-6-2-3-12(4-6)9-11-7(5-17-9)8(10)13/h5-6H,2-4H2,1H3,(H2,10,13)/t6-/m0/s1. The third kappa shape index (κ3) is 3.18. The number of thiazole rings is 1. The summed E-state index contributed by atoms with van der Waals surface area (Å²) in [5.41, 5.74) is 5.34. The van der Waals surface area contributed by atoms with Crippen LogP contribution in [0, 0.1) is 0 Å². The molecule has 0 aliphatic carbocycles. The van der Waals surface area contributed by atoms with Crippen LogP contribution in [0.5, 0.6) is 0 Å². The first-order chi connectivity index (χ1) is 8.35. The molecule has 1 atom stereocenters. The first-order valence-corrected chi connectivity index (χ1v) is 7.93. The lowest BCUT2D eigenvalue weighted by Gasteiger charge is -2.14. The Kier molecular flexibility index (Phi) is 3.55. The number of nitrogens with zero attached hydrogens (tertiary/aromatic N) is 2. The molecule has 0 saturated carbocycles. The van der Waals surface area contributed by atoms with Gasteiger partial charge in [0.25, 0.3) is 16.0 Å². The number of carbonyl (C=O) groups is 1. The molecular formula is C9H13N3O4S2. The van der Waals surface area contributed by atoms with Crippen molar-refractivity contribution in [2.45, 2.75) is 12.5 Å². The first kappa shape index (κ1) is 13.2. The van der Waals surface area contributed by atoms with E-state index in [-0.39, 0.29) is 11.8 Å². The zero-order valence-electron chi connectivity index (χ0n) is 9.70. The van der Waals surface area contributed by atoms with E-state index in [9.17, 15) is 13.2 Å². The fourth-order valence-electron chi connectivity index (χ4n) is 1.75. The molecule has 18 heavy (non-hydrogen) atoms. The summed E-state index contributed by atoms with van der Waals surface area (Å²) in [6.07, 6.45) is 1.28. The number of carbonyl (C=O) groups excluding carboxylic acids is 1. The maximum absolute atomic E-state index is 11.0. The maximum Gasteiger partial charge on any atom is 0.268 e. The Morgan fingerprint density at radius 2 is 2.39 bits per heavy atom. The van der Waals surface area contributed by atoms with Gasteiger partial charge in [-0.1, -0.05) is 0 Å². The molecule has 0 aromatic carbocycles. The van der Waals surface area contributed by atoms with E-state index in [1.165, 1.54) is 11.3 Å². The fraction of sp³-hybridized carbons (Fsp3) is 0.556. The monoisotopic (exact) mass is 291 g/mol. The van der Waals surface area contributed by atoms with Crippen molar-refractivity contribution in [3.8, 4) is 0 Å². The van der Waals surface area contributed by atoms with Gasteiger partial charge in [-0.05, 0) is 6.42 Å². The van der Waals surface area contributed by atoms with E-state index in [2.05, 4.69) is 4.98 Å². The molecule has 1 aliphatic heterocycles. The van der Waals surface area contributed by atoms with Crippen molar-refractivity contribution >= 4 is 32.5 Å². The quantitative estimate of drug-likeness (QED) is 0.770. The van der Waals surface area contributed by atoms with Crippen molar-refractivity contribution < 1.29 is 17.4 Å². The molecule has 1 amide bonds. The van der Waals surface area contributed by atoms with Crippen LogP contribution < -0.4 is 10.6 Å². The molecule has 9 heteroatoms. The van der Waals surface area contributed by atoms with Crippen molar-refractivity contribution in [2.24, 2.45) is 5.73 Å². The van der Waals surface area contributed by atoms with Crippen LogP contribution in [0.2, 0.25) is 0 Å². The van der Waals surface area contributed by atoms with Crippen LogP contribution in [0.15, 0.2) is 5.38 Å². The van der Waals surface area contributed by atoms with Crippen LogP contribution >= 0.6 is 11.3 Å². The highest BCUT2D eigenvalue weighted by molar-refractivity contribution is 7.86. The zero-order valence-corrected chi connectivity index (χ0v) is 11.3. The van der Waals surface area contributed by atoms with E-state index in [1.54, 1.807) is 5.38 Å². The molecule has 0 bridgehead atoms. The summed E-state index contributed by atoms with van der Waals surface area (Å²) in [5, 5.41) is 2.24. The Balaban J connectivity index is 2.02. The SMILES string of the molecule is CS(=O)(=O)O[C@H]1CCN(c2nc(C(N)=O)cs2)C1. The molecule has 1 fully saturated rings. The zero-order chi connectivity index (χ0) is 13.3. The van der Waals surface area contributed by atoms with Gasteiger partial charge in [-0.2, -0.15) is 8.42 Å². The average Bonchev–Trinajstić information content (AvgIpc) is 2.81. The number of amides is 1. The number of rotatable bonds is 4. The summed E-state index contributed by atoms with van der Waals surface area (Å²) in [6.45, 7) is 1.09. The second kappa shape index (κ2) is 4.82. The lowest BCUT2D eigenvalue weighted by atomic mass is 10.3. The number of hydrogen-bond donors (Lipinski definition) is 1. The lowest BCUT2D eigenvalue weighted by Crippen LogP contribution is -2.24. The maximum atomic E-state index is 11.0. The van der Waals surface area contributed by atoms with Gasteiger partial charge in [-0.25, -0.2) is 4.98 Å². The van der Waals surface area contributed by atoms with Crippen molar-refractivity contribution in [2.75, 3.05) is 24.2 Å². The van der Waals surface area contributed by atoms with E-state index >= 15 is 0 Å². The Hall–Kier alpha value is -1.19. The highest BCUT2D eigenvalue weighted by Crippen LogP contribution is 2.25. The number of nitrogens with two attached hydrogens (primary N) is 1. The minimum Gasteiger partial charge on any atom is -0.364 e. The molecule has 2 N–H and O–H groups in total. The predicted octanol–water partition coefficient (Wildman–Crippen LogP) is -0.203. The highest BCUT2D eigenvalue weighted by atomic mass is 32.2. The van der Waals surface area contributed by atoms with Crippen LogP contribution in [0.25, 0.3) is 0 Å². The predicted molar refractivity (Wildman–Crippen MR) is 67.2 cm³/mol. The van der Waals surface area contributed by atoms with Crippen molar-refractivity contribution in [1.82, 2.24) is 4.98 Å². The highest BCUT2D eigenvalue weighted by Gasteiger charge is 2.28. The third-order valence-corrected chi connectivity index (χ3v) is 3.99. The summed E-state index contributed by atoms with van der Waals surface area (Å²) < 4.78 is 26.9. The van der Waals surface area contributed by atoms with Crippen molar-refractivity contribution in [3.05, 3.63) is 11.1 Å². The molecule has 1 aliphatic rings. The van der Waals surface area contributed by atoms with Gasteiger partial charge < -0.3 is 10.6 Å². The molecule has 1 aromatic heterocycles. The number of anilines is 1. The summed E-state index contributed by atoms with van der Waals surface area (Å²) in [5.74, 6) is -0.569. The largest absolute Gasteiger partial charge is 0.364 e. The summed E-state index contributed by atoms with van der Waals surface area (Å²) >= 11 is 1.30. The van der Waals surface area contributed by atoms with Gasteiger partial charge in [-0.3, -0.25) is 8.98 Å². The topological polar surface area (TPSA) is 103 Å². The van der Waals surface area contributed by atoms with E-state index in [4.69, 9.17) is 9.92 Å². The van der Waals surface area contributed by atoms with E-state index in [0.717, 1.165) is 6.26 Å². The Morgan fingerprint density at radius 3 is 2.94 bits per heavy atom. The number of hydrogen-bond acceptors (Lipinski definition) is 7. The molecule has 2 rings (SSSR count). The fourth-order valence-corrected chi connectivity index (χ4v) is 3.25. The van der Waals surface area contributed by atoms with Gasteiger partial charge in [0.15, 0.2) is 5.13 Å². The van der Waals surface area contributed by atoms with Crippen LogP contribution in [-0.2, 0) is 14.3 Å². The Bertz CT molecular complexity index is 554. The molecule has 100 valence electrons. The summed E-state index contributed by atoms with van der Waals surface area (Å²) in [6, 6.07) is 0. The molecule has 2 heterocycles. The van der Waals surface area contributed by atoms with Gasteiger partial charge in [0.05, 0.1) is 12.4 Å². The van der Waals surface area contributed by atoms with Crippen LogP contribution in [-0.4, -0.2) is 44.8 Å². The van der Waals surface area contributed by atoms with Gasteiger partial charge in [0.1, 0.15) is 5.69 Å². The van der Waals surface area contributed by atoms with E-state index in [0.29, 0.717) is 24.6 Å². The van der Waals surface area contributed by atoms with Gasteiger partial charge in [0, 0.05) is 18.5 Å². The first-order valence-electron chi connectivity index (χ1n) is 5.24. The van der Waals surface area contributed by atoms with Crippen LogP contribution in [0.4, 0.5) is 5.13 Å². The summed E-state index contributed by atoms with van der Waals surface area (Å²) in [7, 11) is -3.44. The molecule has 0 radical (unpaired) electrons. The second-order valence-electron chi connectivity index (χ2n) is 4.04. The van der Waals surface area contributed by atoms with Crippen molar-refractivity contribution in [1.29, 1.82) is 0 Å². The Morgan fingerprint density at radius 1 is 1.67 bits per heavy atom. The smallest absolute Gasteiger partial charge is 0.268 e. The number of primary amides is 1. The van der Waals surface area contributed by atoms with Gasteiger partial charge in [0.2, 0.25) is 0 Å². The Labute approximate surface area is 109 Å². The van der Waals surface area contributed by atoms with Crippen LogP contribution in [0.3, 0.4) is 0 Å². The number of aromatic nitrogens is 1. The molecule has 1 saturated heterocycles. The molecule has 0 unspecified atom stereocenters. The van der Waals surface area contributed by atoms with Gasteiger partial charge >= 0.3 is 0 Å². The second-order valence-corrected chi connectivity index (χ2v) is 6.47. The van der Waals surface area contributed by atoms with E-state index in [1.807, 2.05) is 4.90 Å². The molecule has 1 aromatic rings. The normalized spacial score (nSPS) is 20.3. The molecule has 0 spiro atoms.